The van der Waals surface area contributed by atoms with Crippen molar-refractivity contribution in [2.45, 2.75) is 20.8 Å². The van der Waals surface area contributed by atoms with Crippen LogP contribution >= 0.6 is 0 Å². The van der Waals surface area contributed by atoms with Gasteiger partial charge in [-0.05, 0) is 44.0 Å². The second-order valence-electron chi connectivity index (χ2n) is 6.43. The molecule has 0 aliphatic rings. The van der Waals surface area contributed by atoms with Crippen molar-refractivity contribution in [3.8, 4) is 5.75 Å². The smallest absolute Gasteiger partial charge is 0.277 e. The molecule has 5 heteroatoms. The van der Waals surface area contributed by atoms with Gasteiger partial charge in [0.25, 0.3) is 5.91 Å². The molecule has 1 N–H and O–H groups in total. The first-order valence-electron chi connectivity index (χ1n) is 8.53. The Labute approximate surface area is 153 Å². The van der Waals surface area contributed by atoms with Crippen molar-refractivity contribution < 1.29 is 9.53 Å². The number of nitrogens with one attached hydrogen (secondary N) is 1. The van der Waals surface area contributed by atoms with Gasteiger partial charge in [0.15, 0.2) is 6.61 Å². The van der Waals surface area contributed by atoms with Crippen LogP contribution in [0.1, 0.15) is 22.4 Å². The maximum absolute atomic E-state index is 12.0. The molecule has 0 radical (unpaired) electrons. The van der Waals surface area contributed by atoms with Crippen molar-refractivity contribution in [2.75, 3.05) is 6.61 Å². The third-order valence-corrected chi connectivity index (χ3v) is 4.53. The minimum atomic E-state index is -0.292. The second kappa shape index (κ2) is 7.44. The summed E-state index contributed by atoms with van der Waals surface area (Å²) in [6.45, 7) is 5.90. The molecular weight excluding hydrogens is 326 g/mol. The summed E-state index contributed by atoms with van der Waals surface area (Å²) < 4.78 is 7.70. The molecule has 0 bridgehead atoms. The fraction of sp³-hybridized carbons (Fsp3) is 0.238. The lowest BCUT2D eigenvalue weighted by atomic mass is 10.1. The number of hydrogen-bond donors (Lipinski definition) is 1. The number of hydrogen-bond acceptors (Lipinski definition) is 3. The summed E-state index contributed by atoms with van der Waals surface area (Å²) in [6.07, 6.45) is 1.69. The van der Waals surface area contributed by atoms with Gasteiger partial charge < -0.3 is 9.30 Å². The number of carbonyl (C=O) groups is 1. The highest BCUT2D eigenvalue weighted by Crippen LogP contribution is 2.23. The molecule has 3 rings (SSSR count). The van der Waals surface area contributed by atoms with Crippen molar-refractivity contribution in [1.29, 1.82) is 0 Å². The lowest BCUT2D eigenvalue weighted by Crippen LogP contribution is -2.24. The summed E-state index contributed by atoms with van der Waals surface area (Å²) in [5.74, 6) is 0.425. The van der Waals surface area contributed by atoms with Crippen molar-refractivity contribution in [3.63, 3.8) is 0 Å². The van der Waals surface area contributed by atoms with E-state index in [2.05, 4.69) is 27.2 Å². The molecule has 3 aromatic rings. The number of nitrogens with zero attached hydrogens (tertiary/aromatic N) is 2. The molecule has 0 aliphatic heterocycles. The van der Waals surface area contributed by atoms with Crippen LogP contribution in [0.25, 0.3) is 10.9 Å². The Bertz CT molecular complexity index is 986. The van der Waals surface area contributed by atoms with E-state index in [0.29, 0.717) is 5.75 Å². The Morgan fingerprint density at radius 3 is 2.77 bits per heavy atom. The van der Waals surface area contributed by atoms with Gasteiger partial charge in [-0.2, -0.15) is 5.10 Å². The summed E-state index contributed by atoms with van der Waals surface area (Å²) in [5, 5.41) is 5.21. The number of ether oxygens (including phenoxy) is 1. The van der Waals surface area contributed by atoms with Crippen LogP contribution in [-0.2, 0) is 11.8 Å². The number of fused-ring (bicyclic) bond motifs is 1. The second-order valence-corrected chi connectivity index (χ2v) is 6.43. The summed E-state index contributed by atoms with van der Waals surface area (Å²) in [6, 6.07) is 14.0. The zero-order valence-electron chi connectivity index (χ0n) is 15.5. The number of aromatic nitrogens is 1. The van der Waals surface area contributed by atoms with Crippen molar-refractivity contribution in [2.24, 2.45) is 12.1 Å². The average molecular weight is 349 g/mol. The van der Waals surface area contributed by atoms with Crippen LogP contribution in [0, 0.1) is 20.8 Å². The van der Waals surface area contributed by atoms with Crippen molar-refractivity contribution in [3.05, 3.63) is 64.8 Å². The normalized spacial score (nSPS) is 11.2. The quantitative estimate of drug-likeness (QED) is 0.565. The monoisotopic (exact) mass is 349 g/mol. The van der Waals surface area contributed by atoms with Gasteiger partial charge in [0.2, 0.25) is 0 Å². The maximum Gasteiger partial charge on any atom is 0.277 e. The van der Waals surface area contributed by atoms with Crippen LogP contribution in [0.15, 0.2) is 47.6 Å². The Balaban J connectivity index is 1.65. The first-order chi connectivity index (χ1) is 12.5. The zero-order valence-corrected chi connectivity index (χ0v) is 15.5. The maximum atomic E-state index is 12.0. The van der Waals surface area contributed by atoms with Gasteiger partial charge in [-0.3, -0.25) is 4.79 Å². The van der Waals surface area contributed by atoms with Gasteiger partial charge in [-0.15, -0.1) is 0 Å². The van der Waals surface area contributed by atoms with E-state index in [0.717, 1.165) is 33.3 Å². The highest BCUT2D eigenvalue weighted by Gasteiger charge is 2.09. The average Bonchev–Trinajstić information content (AvgIpc) is 2.87. The topological polar surface area (TPSA) is 55.6 Å². The number of aryl methyl sites for hydroxylation is 3. The molecule has 0 saturated heterocycles. The Morgan fingerprint density at radius 1 is 1.19 bits per heavy atom. The van der Waals surface area contributed by atoms with E-state index in [4.69, 9.17) is 4.74 Å². The minimum Gasteiger partial charge on any atom is -0.483 e. The molecule has 1 aromatic heterocycles. The van der Waals surface area contributed by atoms with E-state index in [1.165, 1.54) is 0 Å². The number of hydrazone groups is 1. The number of benzene rings is 2. The summed E-state index contributed by atoms with van der Waals surface area (Å²) in [7, 11) is 2.02. The molecule has 0 spiro atoms. The van der Waals surface area contributed by atoms with Gasteiger partial charge in [0.1, 0.15) is 5.75 Å². The van der Waals surface area contributed by atoms with Crippen molar-refractivity contribution in [1.82, 2.24) is 9.99 Å². The van der Waals surface area contributed by atoms with E-state index >= 15 is 0 Å². The molecule has 26 heavy (non-hydrogen) atoms. The summed E-state index contributed by atoms with van der Waals surface area (Å²) in [5.41, 5.74) is 7.85. The van der Waals surface area contributed by atoms with E-state index in [9.17, 15) is 4.79 Å². The SMILES string of the molecule is Cc1ccc(C)c(OCC(=O)N/N=C\c2c(C)n(C)c3ccccc23)c1. The van der Waals surface area contributed by atoms with Crippen LogP contribution in [0.2, 0.25) is 0 Å². The fourth-order valence-corrected chi connectivity index (χ4v) is 2.92. The van der Waals surface area contributed by atoms with Crippen LogP contribution in [0.5, 0.6) is 5.75 Å². The summed E-state index contributed by atoms with van der Waals surface area (Å²) in [4.78, 5) is 12.0. The number of amides is 1. The molecule has 0 fully saturated rings. The predicted molar refractivity (Wildman–Crippen MR) is 105 cm³/mol. The van der Waals surface area contributed by atoms with E-state index in [1.54, 1.807) is 6.21 Å². The Morgan fingerprint density at radius 2 is 1.96 bits per heavy atom. The number of para-hydroxylation sites is 1. The largest absolute Gasteiger partial charge is 0.483 e. The molecule has 134 valence electrons. The number of rotatable bonds is 5. The van der Waals surface area contributed by atoms with Crippen LogP contribution < -0.4 is 10.2 Å². The molecular formula is C21H23N3O2. The van der Waals surface area contributed by atoms with Gasteiger partial charge in [-0.1, -0.05) is 30.3 Å². The van der Waals surface area contributed by atoms with Crippen LogP contribution in [0.4, 0.5) is 0 Å². The highest BCUT2D eigenvalue weighted by atomic mass is 16.5. The molecule has 1 heterocycles. The van der Waals surface area contributed by atoms with Gasteiger partial charge in [-0.25, -0.2) is 5.43 Å². The van der Waals surface area contributed by atoms with E-state index in [1.807, 2.05) is 58.2 Å². The lowest BCUT2D eigenvalue weighted by Gasteiger charge is -2.08. The van der Waals surface area contributed by atoms with Gasteiger partial charge in [0, 0.05) is 29.2 Å². The van der Waals surface area contributed by atoms with Crippen LogP contribution in [-0.4, -0.2) is 23.3 Å². The Kier molecular flexibility index (Phi) is 5.07. The van der Waals surface area contributed by atoms with E-state index < -0.39 is 0 Å². The molecule has 1 amide bonds. The first kappa shape index (κ1) is 17.7. The highest BCUT2D eigenvalue weighted by molar-refractivity contribution is 6.01. The molecule has 0 atom stereocenters. The third kappa shape index (κ3) is 3.61. The Hall–Kier alpha value is -3.08. The molecule has 2 aromatic carbocycles. The van der Waals surface area contributed by atoms with Gasteiger partial charge >= 0.3 is 0 Å². The van der Waals surface area contributed by atoms with Crippen molar-refractivity contribution >= 4 is 23.0 Å². The zero-order chi connectivity index (χ0) is 18.7. The first-order valence-corrected chi connectivity index (χ1v) is 8.53. The van der Waals surface area contributed by atoms with Crippen LogP contribution in [0.3, 0.4) is 0 Å². The third-order valence-electron chi connectivity index (χ3n) is 4.53. The molecule has 5 nitrogen and oxygen atoms in total. The summed E-state index contributed by atoms with van der Waals surface area (Å²) >= 11 is 0. The van der Waals surface area contributed by atoms with Gasteiger partial charge in [0.05, 0.1) is 6.21 Å². The molecule has 0 saturated carbocycles. The predicted octanol–water partition coefficient (Wildman–Crippen LogP) is 3.63. The standard InChI is InChI=1S/C21H23N3O2/c1-14-9-10-15(2)20(11-14)26-13-21(25)23-22-12-18-16(3)24(4)19-8-6-5-7-17(18)19/h5-12H,13H2,1-4H3,(H,23,25)/b22-12-. The number of carbonyl (C=O) groups excluding carboxylic acids is 1. The minimum absolute atomic E-state index is 0.0733. The van der Waals surface area contributed by atoms with E-state index in [-0.39, 0.29) is 12.5 Å². The molecule has 0 unspecified atom stereocenters. The fourth-order valence-electron chi connectivity index (χ4n) is 2.92. The molecule has 0 aliphatic carbocycles. The lowest BCUT2D eigenvalue weighted by molar-refractivity contribution is -0.123.